The number of unbranched alkanes of at least 4 members (excludes halogenated alkanes) is 2. The first kappa shape index (κ1) is 34.0. The number of carboxylic acids is 1. The number of nitrogens with one attached hydrogen (secondary N) is 3. The quantitative estimate of drug-likeness (QED) is 0.143. The van der Waals surface area contributed by atoms with Crippen LogP contribution in [0.4, 0.5) is 4.79 Å². The Balaban J connectivity index is 2.63. The van der Waals surface area contributed by atoms with Gasteiger partial charge < -0.3 is 29.5 Å². The van der Waals surface area contributed by atoms with E-state index in [1.54, 1.807) is 20.8 Å². The fourth-order valence-electron chi connectivity index (χ4n) is 4.01. The number of carboxylic acid groups (broad SMARTS) is 1. The third kappa shape index (κ3) is 12.2. The second-order valence-electron chi connectivity index (χ2n) is 10.5. The van der Waals surface area contributed by atoms with Crippen molar-refractivity contribution in [1.82, 2.24) is 16.0 Å². The first-order valence-electron chi connectivity index (χ1n) is 13.5. The number of carbonyl (C=O) groups excluding carboxylic acids is 3. The van der Waals surface area contributed by atoms with Gasteiger partial charge in [0.2, 0.25) is 5.91 Å². The van der Waals surface area contributed by atoms with Gasteiger partial charge >= 0.3 is 20.3 Å². The van der Waals surface area contributed by atoms with Crippen LogP contribution in [0.15, 0.2) is 0 Å². The van der Waals surface area contributed by atoms with E-state index in [0.29, 0.717) is 25.8 Å². The molecule has 1 fully saturated rings. The highest BCUT2D eigenvalue weighted by molar-refractivity contribution is 7.33. The van der Waals surface area contributed by atoms with Crippen LogP contribution in [0.1, 0.15) is 92.4 Å². The van der Waals surface area contributed by atoms with Crippen LogP contribution in [0.2, 0.25) is 0 Å². The topological polar surface area (TPSA) is 169 Å². The Morgan fingerprint density at radius 2 is 1.71 bits per heavy atom. The van der Waals surface area contributed by atoms with E-state index in [-0.39, 0.29) is 32.0 Å². The summed E-state index contributed by atoms with van der Waals surface area (Å²) >= 11 is 0. The Kier molecular flexibility index (Phi) is 15.1. The molecule has 0 aromatic rings. The summed E-state index contributed by atoms with van der Waals surface area (Å²) in [4.78, 5) is 49.3. The predicted octanol–water partition coefficient (Wildman–Crippen LogP) is 3.33. The number of ketones is 1. The fourth-order valence-corrected chi connectivity index (χ4v) is 4.70. The van der Waals surface area contributed by atoms with Crippen molar-refractivity contribution in [3.05, 3.63) is 0 Å². The summed E-state index contributed by atoms with van der Waals surface area (Å²) in [6.45, 7) is 9.32. The lowest BCUT2D eigenvalue weighted by atomic mass is 9.90. The molecule has 0 bridgehead atoms. The summed E-state index contributed by atoms with van der Waals surface area (Å²) in [6, 6.07) is -1.26. The van der Waals surface area contributed by atoms with Crippen LogP contribution >= 0.6 is 8.25 Å². The van der Waals surface area contributed by atoms with Crippen molar-refractivity contribution in [2.24, 2.45) is 0 Å². The lowest BCUT2D eigenvalue weighted by Gasteiger charge is -2.25. The molecule has 2 amide bonds. The second-order valence-corrected chi connectivity index (χ2v) is 11.6. The van der Waals surface area contributed by atoms with Gasteiger partial charge in [0.25, 0.3) is 0 Å². The average Bonchev–Trinajstić information content (AvgIpc) is 3.33. The molecule has 0 radical (unpaired) electrons. The van der Waals surface area contributed by atoms with Crippen molar-refractivity contribution >= 4 is 32.0 Å². The first-order chi connectivity index (χ1) is 17.8. The molecule has 0 aromatic heterocycles. The van der Waals surface area contributed by atoms with Crippen molar-refractivity contribution in [2.75, 3.05) is 19.8 Å². The highest BCUT2D eigenvalue weighted by Crippen LogP contribution is 2.27. The van der Waals surface area contributed by atoms with E-state index >= 15 is 0 Å². The summed E-state index contributed by atoms with van der Waals surface area (Å²) in [6.07, 6.45) is 4.10. The smallest absolute Gasteiger partial charge is 0.408 e. The van der Waals surface area contributed by atoms with Gasteiger partial charge in [-0.2, -0.15) is 0 Å². The van der Waals surface area contributed by atoms with E-state index in [1.807, 2.05) is 13.8 Å². The molecule has 1 rings (SSSR count). The Labute approximate surface area is 226 Å². The Morgan fingerprint density at radius 3 is 2.26 bits per heavy atom. The normalized spacial score (nSPS) is 19.8. The molecule has 1 heterocycles. The van der Waals surface area contributed by atoms with E-state index in [2.05, 4.69) is 16.0 Å². The first-order valence-corrected chi connectivity index (χ1v) is 14.7. The van der Waals surface area contributed by atoms with Gasteiger partial charge in [-0.3, -0.25) is 19.5 Å². The van der Waals surface area contributed by atoms with Gasteiger partial charge in [0.15, 0.2) is 11.3 Å². The number of alkyl carbamates (subject to hydrolysis) is 1. The Hall–Kier alpha value is -2.01. The summed E-state index contributed by atoms with van der Waals surface area (Å²) < 4.78 is 28.1. The molecule has 0 aliphatic carbocycles. The molecule has 38 heavy (non-hydrogen) atoms. The number of aliphatic carboxylic acids is 1. The lowest BCUT2D eigenvalue weighted by Crippen LogP contribution is -2.54. The van der Waals surface area contributed by atoms with Crippen LogP contribution in [0.25, 0.3) is 0 Å². The number of hydrogen-bond acceptors (Lipinski definition) is 9. The van der Waals surface area contributed by atoms with E-state index in [9.17, 15) is 28.8 Å². The molecule has 1 aliphatic rings. The SMILES string of the molecule is CCCCC(CO[PH](=O)OCCC(=O)[C@]1(C(=O)O)CCCN1)NC(=O)[C@H](CCCC)NC(=O)OC(C)(C)C. The molecule has 12 nitrogen and oxygen atoms in total. The predicted molar refractivity (Wildman–Crippen MR) is 142 cm³/mol. The molecule has 4 atom stereocenters. The number of Topliss-reactive ketones (excluding diaryl/α,β-unsaturated/α-hetero) is 1. The zero-order valence-corrected chi connectivity index (χ0v) is 24.4. The zero-order valence-electron chi connectivity index (χ0n) is 23.4. The van der Waals surface area contributed by atoms with Gasteiger partial charge in [0, 0.05) is 6.42 Å². The van der Waals surface area contributed by atoms with Crippen LogP contribution < -0.4 is 16.0 Å². The number of amides is 2. The molecule has 1 aliphatic heterocycles. The molecule has 1 saturated heterocycles. The molecular formula is C25H46N3O9P. The summed E-state index contributed by atoms with van der Waals surface area (Å²) in [5, 5.41) is 17.7. The highest BCUT2D eigenvalue weighted by Gasteiger charge is 2.47. The molecular weight excluding hydrogens is 517 g/mol. The minimum Gasteiger partial charge on any atom is -0.480 e. The number of hydrogen-bond donors (Lipinski definition) is 4. The van der Waals surface area contributed by atoms with Crippen LogP contribution in [-0.2, 0) is 32.7 Å². The molecule has 4 N–H and O–H groups in total. The molecule has 0 spiro atoms. The van der Waals surface area contributed by atoms with Crippen LogP contribution in [-0.4, -0.2) is 71.8 Å². The van der Waals surface area contributed by atoms with Crippen molar-refractivity contribution in [1.29, 1.82) is 0 Å². The number of rotatable bonds is 18. The lowest BCUT2D eigenvalue weighted by molar-refractivity contribution is -0.149. The van der Waals surface area contributed by atoms with Gasteiger partial charge in [0.05, 0.1) is 19.3 Å². The minimum atomic E-state index is -2.99. The van der Waals surface area contributed by atoms with E-state index < -0.39 is 49.3 Å². The molecule has 220 valence electrons. The monoisotopic (exact) mass is 563 g/mol. The highest BCUT2D eigenvalue weighted by atomic mass is 31.1. The van der Waals surface area contributed by atoms with Crippen molar-refractivity contribution in [3.8, 4) is 0 Å². The third-order valence-electron chi connectivity index (χ3n) is 6.05. The molecule has 13 heteroatoms. The largest absolute Gasteiger partial charge is 0.480 e. The minimum absolute atomic E-state index is 0.0783. The maximum absolute atomic E-state index is 13.0. The standard InChI is InChI=1S/C25H46N3O9P/c1-6-8-11-18(27-21(30)19(12-9-7-2)28-23(33)37-24(3,4)5)17-36-38(34)35-16-13-20(29)25(22(31)32)14-10-15-26-25/h18-19,26,38H,6-17H2,1-5H3,(H,27,30)(H,28,33)(H,31,32)/t18?,19-,25-/m0/s1. The Morgan fingerprint density at radius 1 is 1.05 bits per heavy atom. The van der Waals surface area contributed by atoms with Crippen molar-refractivity contribution in [2.45, 2.75) is 116 Å². The van der Waals surface area contributed by atoms with E-state index in [0.717, 1.165) is 25.7 Å². The van der Waals surface area contributed by atoms with Crippen LogP contribution in [0.3, 0.4) is 0 Å². The van der Waals surface area contributed by atoms with Gasteiger partial charge in [-0.15, -0.1) is 0 Å². The van der Waals surface area contributed by atoms with Gasteiger partial charge in [0.1, 0.15) is 11.6 Å². The van der Waals surface area contributed by atoms with Gasteiger partial charge in [-0.05, 0) is 53.0 Å². The molecule has 2 unspecified atom stereocenters. The molecule has 0 aromatic carbocycles. The van der Waals surface area contributed by atoms with E-state index in [4.69, 9.17) is 13.8 Å². The summed E-state index contributed by atoms with van der Waals surface area (Å²) in [7, 11) is -2.99. The second kappa shape index (κ2) is 16.8. The summed E-state index contributed by atoms with van der Waals surface area (Å²) in [5.74, 6) is -2.14. The maximum atomic E-state index is 13.0. The van der Waals surface area contributed by atoms with Gasteiger partial charge in [-0.1, -0.05) is 39.5 Å². The van der Waals surface area contributed by atoms with Crippen molar-refractivity contribution in [3.63, 3.8) is 0 Å². The Bertz CT molecular complexity index is 810. The van der Waals surface area contributed by atoms with Crippen molar-refractivity contribution < 1.29 is 42.6 Å². The fraction of sp³-hybridized carbons (Fsp3) is 0.840. The molecule has 0 saturated carbocycles. The maximum Gasteiger partial charge on any atom is 0.408 e. The van der Waals surface area contributed by atoms with Crippen LogP contribution in [0.5, 0.6) is 0 Å². The zero-order chi connectivity index (χ0) is 28.8. The average molecular weight is 564 g/mol. The third-order valence-corrected chi connectivity index (χ3v) is 6.90. The van der Waals surface area contributed by atoms with Gasteiger partial charge in [-0.25, -0.2) is 9.59 Å². The van der Waals surface area contributed by atoms with Crippen LogP contribution in [0, 0.1) is 0 Å². The van der Waals surface area contributed by atoms with E-state index in [1.165, 1.54) is 0 Å². The number of ether oxygens (including phenoxy) is 1. The number of carbonyl (C=O) groups is 4. The summed E-state index contributed by atoms with van der Waals surface area (Å²) in [5.41, 5.74) is -2.32.